The number of furan rings is 1. The van der Waals surface area contributed by atoms with Crippen LogP contribution in [0.5, 0.6) is 0 Å². The molecule has 1 atom stereocenters. The zero-order valence-corrected chi connectivity index (χ0v) is 9.88. The second-order valence-corrected chi connectivity index (χ2v) is 3.61. The van der Waals surface area contributed by atoms with Crippen LogP contribution in [-0.4, -0.2) is 20.3 Å². The molecular weight excluding hydrogens is 190 g/mol. The van der Waals surface area contributed by atoms with Gasteiger partial charge in [-0.05, 0) is 19.0 Å². The molecule has 3 heteroatoms. The highest BCUT2D eigenvalue weighted by molar-refractivity contribution is 5.21. The predicted octanol–water partition coefficient (Wildman–Crippen LogP) is 2.53. The summed E-state index contributed by atoms with van der Waals surface area (Å²) < 4.78 is 10.6. The number of rotatable bonds is 7. The first-order valence-electron chi connectivity index (χ1n) is 5.62. The molecule has 0 bridgehead atoms. The summed E-state index contributed by atoms with van der Waals surface area (Å²) >= 11 is 0. The summed E-state index contributed by atoms with van der Waals surface area (Å²) in [6.45, 7) is 5.95. The van der Waals surface area contributed by atoms with Gasteiger partial charge in [-0.3, -0.25) is 0 Å². The molecule has 86 valence electrons. The molecule has 0 amide bonds. The summed E-state index contributed by atoms with van der Waals surface area (Å²) in [5.74, 6) is 1.06. The second-order valence-electron chi connectivity index (χ2n) is 3.61. The zero-order chi connectivity index (χ0) is 11.1. The van der Waals surface area contributed by atoms with Gasteiger partial charge in [0.15, 0.2) is 0 Å². The van der Waals surface area contributed by atoms with Gasteiger partial charge in [-0.2, -0.15) is 0 Å². The molecule has 0 spiro atoms. The predicted molar refractivity (Wildman–Crippen MR) is 61.0 cm³/mol. The number of hydrogen-bond donors (Lipinski definition) is 1. The van der Waals surface area contributed by atoms with E-state index in [2.05, 4.69) is 19.2 Å². The molecule has 1 aromatic heterocycles. The third-order valence-corrected chi connectivity index (χ3v) is 2.45. The molecule has 0 saturated carbocycles. The quantitative estimate of drug-likeness (QED) is 0.752. The van der Waals surface area contributed by atoms with Crippen molar-refractivity contribution >= 4 is 0 Å². The highest BCUT2D eigenvalue weighted by Crippen LogP contribution is 2.20. The van der Waals surface area contributed by atoms with E-state index < -0.39 is 0 Å². The summed E-state index contributed by atoms with van der Waals surface area (Å²) in [5, 5.41) is 3.46. The average molecular weight is 211 g/mol. The summed E-state index contributed by atoms with van der Waals surface area (Å²) in [7, 11) is 1.73. The minimum Gasteiger partial charge on any atom is -0.469 e. The van der Waals surface area contributed by atoms with Crippen molar-refractivity contribution in [3.05, 3.63) is 23.7 Å². The molecule has 0 aliphatic rings. The molecule has 15 heavy (non-hydrogen) atoms. The fourth-order valence-corrected chi connectivity index (χ4v) is 1.69. The van der Waals surface area contributed by atoms with E-state index in [1.807, 2.05) is 6.07 Å². The number of aryl methyl sites for hydroxylation is 1. The number of methoxy groups -OCH3 is 1. The van der Waals surface area contributed by atoms with Gasteiger partial charge in [0.25, 0.3) is 0 Å². The second kappa shape index (κ2) is 6.64. The Kier molecular flexibility index (Phi) is 5.43. The van der Waals surface area contributed by atoms with Crippen molar-refractivity contribution in [1.82, 2.24) is 5.32 Å². The largest absolute Gasteiger partial charge is 0.469 e. The third kappa shape index (κ3) is 3.36. The van der Waals surface area contributed by atoms with Gasteiger partial charge in [0.2, 0.25) is 0 Å². The van der Waals surface area contributed by atoms with Crippen molar-refractivity contribution in [3.63, 3.8) is 0 Å². The Balaban J connectivity index is 2.69. The maximum absolute atomic E-state index is 5.43. The van der Waals surface area contributed by atoms with Gasteiger partial charge in [0.1, 0.15) is 5.76 Å². The van der Waals surface area contributed by atoms with Gasteiger partial charge in [-0.1, -0.05) is 13.8 Å². The highest BCUT2D eigenvalue weighted by atomic mass is 16.5. The van der Waals surface area contributed by atoms with E-state index in [0.717, 1.165) is 25.1 Å². The lowest BCUT2D eigenvalue weighted by molar-refractivity contribution is 0.166. The van der Waals surface area contributed by atoms with Crippen LogP contribution in [0, 0.1) is 0 Å². The molecule has 1 N–H and O–H groups in total. The Morgan fingerprint density at radius 3 is 2.87 bits per heavy atom. The summed E-state index contributed by atoms with van der Waals surface area (Å²) in [6.07, 6.45) is 3.81. The Morgan fingerprint density at radius 2 is 2.27 bits per heavy atom. The van der Waals surface area contributed by atoms with Crippen LogP contribution in [0.1, 0.15) is 37.6 Å². The standard InChI is InChI=1S/C12H21NO2/c1-4-7-13-11(9-14-3)10-6-8-15-12(10)5-2/h6,8,11,13H,4-5,7,9H2,1-3H3. The van der Waals surface area contributed by atoms with Crippen LogP contribution in [0.25, 0.3) is 0 Å². The van der Waals surface area contributed by atoms with Gasteiger partial charge in [-0.25, -0.2) is 0 Å². The van der Waals surface area contributed by atoms with Gasteiger partial charge >= 0.3 is 0 Å². The summed E-state index contributed by atoms with van der Waals surface area (Å²) in [4.78, 5) is 0. The van der Waals surface area contributed by atoms with E-state index in [0.29, 0.717) is 6.61 Å². The lowest BCUT2D eigenvalue weighted by atomic mass is 10.1. The van der Waals surface area contributed by atoms with Crippen molar-refractivity contribution in [2.24, 2.45) is 0 Å². The first-order chi connectivity index (χ1) is 7.33. The normalized spacial score (nSPS) is 13.0. The Hall–Kier alpha value is -0.800. The van der Waals surface area contributed by atoms with Gasteiger partial charge in [-0.15, -0.1) is 0 Å². The van der Waals surface area contributed by atoms with E-state index in [4.69, 9.17) is 9.15 Å². The van der Waals surface area contributed by atoms with Gasteiger partial charge in [0, 0.05) is 19.1 Å². The monoisotopic (exact) mass is 211 g/mol. The maximum Gasteiger partial charge on any atom is 0.108 e. The van der Waals surface area contributed by atoms with Crippen molar-refractivity contribution in [2.45, 2.75) is 32.7 Å². The Bertz CT molecular complexity index is 270. The van der Waals surface area contributed by atoms with Crippen LogP contribution in [0.4, 0.5) is 0 Å². The minimum atomic E-state index is 0.253. The van der Waals surface area contributed by atoms with Crippen molar-refractivity contribution in [1.29, 1.82) is 0 Å². The lowest BCUT2D eigenvalue weighted by Crippen LogP contribution is -2.26. The van der Waals surface area contributed by atoms with Crippen molar-refractivity contribution < 1.29 is 9.15 Å². The molecule has 0 radical (unpaired) electrons. The van der Waals surface area contributed by atoms with Crippen LogP contribution in [0.2, 0.25) is 0 Å². The van der Waals surface area contributed by atoms with Crippen molar-refractivity contribution in [2.75, 3.05) is 20.3 Å². The fourth-order valence-electron chi connectivity index (χ4n) is 1.69. The molecule has 1 unspecified atom stereocenters. The number of nitrogens with one attached hydrogen (secondary N) is 1. The third-order valence-electron chi connectivity index (χ3n) is 2.45. The molecule has 3 nitrogen and oxygen atoms in total. The summed E-state index contributed by atoms with van der Waals surface area (Å²) in [5.41, 5.74) is 1.23. The molecular formula is C12H21NO2. The summed E-state index contributed by atoms with van der Waals surface area (Å²) in [6, 6.07) is 2.29. The highest BCUT2D eigenvalue weighted by Gasteiger charge is 2.15. The molecule has 1 aromatic rings. The average Bonchev–Trinajstić information content (AvgIpc) is 2.72. The van der Waals surface area contributed by atoms with E-state index in [1.54, 1.807) is 13.4 Å². The van der Waals surface area contributed by atoms with E-state index in [1.165, 1.54) is 5.56 Å². The maximum atomic E-state index is 5.43. The number of hydrogen-bond acceptors (Lipinski definition) is 3. The molecule has 0 saturated heterocycles. The van der Waals surface area contributed by atoms with E-state index in [-0.39, 0.29) is 6.04 Å². The molecule has 0 aliphatic carbocycles. The lowest BCUT2D eigenvalue weighted by Gasteiger charge is -2.17. The van der Waals surface area contributed by atoms with Crippen LogP contribution in [0.15, 0.2) is 16.7 Å². The van der Waals surface area contributed by atoms with Crippen LogP contribution in [-0.2, 0) is 11.2 Å². The van der Waals surface area contributed by atoms with Gasteiger partial charge < -0.3 is 14.5 Å². The first kappa shape index (κ1) is 12.3. The van der Waals surface area contributed by atoms with Crippen molar-refractivity contribution in [3.8, 4) is 0 Å². The number of ether oxygens (including phenoxy) is 1. The van der Waals surface area contributed by atoms with Crippen LogP contribution >= 0.6 is 0 Å². The molecule has 0 aliphatic heterocycles. The van der Waals surface area contributed by atoms with Crippen LogP contribution in [0.3, 0.4) is 0 Å². The molecule has 0 aromatic carbocycles. The zero-order valence-electron chi connectivity index (χ0n) is 9.88. The van der Waals surface area contributed by atoms with E-state index in [9.17, 15) is 0 Å². The minimum absolute atomic E-state index is 0.253. The Labute approximate surface area is 91.8 Å². The van der Waals surface area contributed by atoms with E-state index >= 15 is 0 Å². The van der Waals surface area contributed by atoms with Gasteiger partial charge in [0.05, 0.1) is 18.9 Å². The molecule has 0 fully saturated rings. The molecule has 1 heterocycles. The van der Waals surface area contributed by atoms with Crippen LogP contribution < -0.4 is 5.32 Å². The Morgan fingerprint density at radius 1 is 1.47 bits per heavy atom. The fraction of sp³-hybridized carbons (Fsp3) is 0.667. The SMILES string of the molecule is CCCNC(COC)c1ccoc1CC. The topological polar surface area (TPSA) is 34.4 Å². The first-order valence-corrected chi connectivity index (χ1v) is 5.62. The molecule has 1 rings (SSSR count). The smallest absolute Gasteiger partial charge is 0.108 e.